The second-order valence-electron chi connectivity index (χ2n) is 4.27. The summed E-state index contributed by atoms with van der Waals surface area (Å²) in [4.78, 5) is 14.0. The molecule has 1 aliphatic rings. The number of hydrazine groups is 1. The molecule has 0 spiro atoms. The van der Waals surface area contributed by atoms with Crippen molar-refractivity contribution in [1.29, 1.82) is 0 Å². The molecule has 3 N–H and O–H groups in total. The molecule has 94 valence electrons. The molecule has 1 aliphatic carbocycles. The van der Waals surface area contributed by atoms with Crippen LogP contribution in [0.3, 0.4) is 0 Å². The smallest absolute Gasteiger partial charge is 0.251 e. The van der Waals surface area contributed by atoms with Crippen LogP contribution in [0.25, 0.3) is 0 Å². The summed E-state index contributed by atoms with van der Waals surface area (Å²) in [6.07, 6.45) is 4.20. The largest absolute Gasteiger partial charge is 0.383 e. The standard InChI is InChI=1S/C11H23N3O2/c1-3-4-10(11(15)13-12)14(7-8-16-2)9-5-6-9/h9-10H,3-8,12H2,1-2H3,(H,13,15). The fourth-order valence-corrected chi connectivity index (χ4v) is 2.01. The molecule has 0 saturated heterocycles. The second kappa shape index (κ2) is 6.83. The van der Waals surface area contributed by atoms with Crippen LogP contribution < -0.4 is 11.3 Å². The van der Waals surface area contributed by atoms with Crippen molar-refractivity contribution in [3.8, 4) is 0 Å². The number of hydrogen-bond acceptors (Lipinski definition) is 4. The minimum Gasteiger partial charge on any atom is -0.383 e. The number of amides is 1. The molecule has 0 aromatic carbocycles. The Hall–Kier alpha value is -0.650. The van der Waals surface area contributed by atoms with Gasteiger partial charge in [-0.2, -0.15) is 0 Å². The molecule has 5 nitrogen and oxygen atoms in total. The van der Waals surface area contributed by atoms with Gasteiger partial charge in [-0.25, -0.2) is 5.84 Å². The Morgan fingerprint density at radius 1 is 1.62 bits per heavy atom. The number of hydrogen-bond donors (Lipinski definition) is 2. The first kappa shape index (κ1) is 13.4. The van der Waals surface area contributed by atoms with Crippen LogP contribution >= 0.6 is 0 Å². The Morgan fingerprint density at radius 3 is 2.75 bits per heavy atom. The molecule has 1 amide bonds. The molecule has 1 unspecified atom stereocenters. The molecule has 0 bridgehead atoms. The first-order valence-corrected chi connectivity index (χ1v) is 5.99. The maximum atomic E-state index is 11.7. The normalized spacial score (nSPS) is 17.5. The molecule has 0 radical (unpaired) electrons. The molecule has 0 aliphatic heterocycles. The fraction of sp³-hybridized carbons (Fsp3) is 0.909. The topological polar surface area (TPSA) is 67.6 Å². The van der Waals surface area contributed by atoms with E-state index in [1.54, 1.807) is 7.11 Å². The van der Waals surface area contributed by atoms with E-state index in [0.717, 1.165) is 19.4 Å². The van der Waals surface area contributed by atoms with E-state index < -0.39 is 0 Å². The lowest BCUT2D eigenvalue weighted by Crippen LogP contribution is -2.50. The summed E-state index contributed by atoms with van der Waals surface area (Å²) in [6, 6.07) is 0.446. The highest BCUT2D eigenvalue weighted by Gasteiger charge is 2.36. The van der Waals surface area contributed by atoms with E-state index in [-0.39, 0.29) is 11.9 Å². The molecular formula is C11H23N3O2. The van der Waals surface area contributed by atoms with Gasteiger partial charge in [-0.1, -0.05) is 13.3 Å². The first-order valence-electron chi connectivity index (χ1n) is 5.99. The van der Waals surface area contributed by atoms with Crippen molar-refractivity contribution < 1.29 is 9.53 Å². The fourth-order valence-electron chi connectivity index (χ4n) is 2.01. The van der Waals surface area contributed by atoms with Crippen molar-refractivity contribution in [2.75, 3.05) is 20.3 Å². The Morgan fingerprint density at radius 2 is 2.31 bits per heavy atom. The van der Waals surface area contributed by atoms with E-state index in [0.29, 0.717) is 12.6 Å². The van der Waals surface area contributed by atoms with Crippen LogP contribution in [-0.2, 0) is 9.53 Å². The summed E-state index contributed by atoms with van der Waals surface area (Å²) in [6.45, 7) is 3.55. The van der Waals surface area contributed by atoms with Gasteiger partial charge in [-0.3, -0.25) is 15.1 Å². The van der Waals surface area contributed by atoms with E-state index in [4.69, 9.17) is 10.6 Å². The quantitative estimate of drug-likeness (QED) is 0.356. The maximum absolute atomic E-state index is 11.7. The zero-order chi connectivity index (χ0) is 12.0. The average Bonchev–Trinajstić information content (AvgIpc) is 3.11. The molecule has 0 aromatic heterocycles. The highest BCUT2D eigenvalue weighted by molar-refractivity contribution is 5.81. The summed E-state index contributed by atoms with van der Waals surface area (Å²) in [5.74, 6) is 5.15. The third-order valence-corrected chi connectivity index (χ3v) is 2.98. The number of nitrogens with zero attached hydrogens (tertiary/aromatic N) is 1. The highest BCUT2D eigenvalue weighted by Crippen LogP contribution is 2.29. The maximum Gasteiger partial charge on any atom is 0.251 e. The van der Waals surface area contributed by atoms with E-state index in [1.807, 2.05) is 0 Å². The zero-order valence-electron chi connectivity index (χ0n) is 10.2. The van der Waals surface area contributed by atoms with Crippen molar-refractivity contribution in [3.05, 3.63) is 0 Å². The van der Waals surface area contributed by atoms with Crippen LogP contribution in [0.2, 0.25) is 0 Å². The number of carbonyl (C=O) groups is 1. The van der Waals surface area contributed by atoms with Crippen LogP contribution in [0.1, 0.15) is 32.6 Å². The molecule has 1 fully saturated rings. The van der Waals surface area contributed by atoms with Gasteiger partial charge < -0.3 is 4.74 Å². The minimum absolute atomic E-state index is 0.0788. The van der Waals surface area contributed by atoms with Crippen LogP contribution in [0, 0.1) is 0 Å². The summed E-state index contributed by atoms with van der Waals surface area (Å²) < 4.78 is 5.09. The van der Waals surface area contributed by atoms with Gasteiger partial charge in [-0.05, 0) is 19.3 Å². The average molecular weight is 229 g/mol. The van der Waals surface area contributed by atoms with Crippen LogP contribution in [0.4, 0.5) is 0 Å². The zero-order valence-corrected chi connectivity index (χ0v) is 10.2. The van der Waals surface area contributed by atoms with Gasteiger partial charge in [0.05, 0.1) is 12.6 Å². The predicted molar refractivity (Wildman–Crippen MR) is 62.6 cm³/mol. The van der Waals surface area contributed by atoms with E-state index >= 15 is 0 Å². The van der Waals surface area contributed by atoms with Gasteiger partial charge in [-0.15, -0.1) is 0 Å². The lowest BCUT2D eigenvalue weighted by atomic mass is 10.1. The molecule has 5 heteroatoms. The first-order chi connectivity index (χ1) is 7.74. The van der Waals surface area contributed by atoms with Gasteiger partial charge in [0.25, 0.3) is 5.91 Å². The van der Waals surface area contributed by atoms with Crippen LogP contribution in [-0.4, -0.2) is 43.2 Å². The third kappa shape index (κ3) is 3.73. The predicted octanol–water partition coefficient (Wildman–Crippen LogP) is 0.256. The second-order valence-corrected chi connectivity index (χ2v) is 4.27. The number of ether oxygens (including phenoxy) is 1. The monoisotopic (exact) mass is 229 g/mol. The number of rotatable bonds is 8. The number of carbonyl (C=O) groups excluding carboxylic acids is 1. The van der Waals surface area contributed by atoms with Crippen molar-refractivity contribution in [2.24, 2.45) is 5.84 Å². The Kier molecular flexibility index (Phi) is 5.73. The number of nitrogens with two attached hydrogens (primary N) is 1. The SMILES string of the molecule is CCCC(C(=O)NN)N(CCOC)C1CC1. The molecule has 0 heterocycles. The molecule has 1 rings (SSSR count). The third-order valence-electron chi connectivity index (χ3n) is 2.98. The Balaban J connectivity index is 2.58. The minimum atomic E-state index is -0.0994. The molecule has 1 atom stereocenters. The van der Waals surface area contributed by atoms with E-state index in [9.17, 15) is 4.79 Å². The Bertz CT molecular complexity index is 219. The molecular weight excluding hydrogens is 206 g/mol. The van der Waals surface area contributed by atoms with Crippen molar-refractivity contribution >= 4 is 5.91 Å². The number of methoxy groups -OCH3 is 1. The Labute approximate surface area is 97.3 Å². The van der Waals surface area contributed by atoms with E-state index in [1.165, 1.54) is 12.8 Å². The summed E-state index contributed by atoms with van der Waals surface area (Å²) in [5, 5.41) is 0. The van der Waals surface area contributed by atoms with Crippen LogP contribution in [0.5, 0.6) is 0 Å². The van der Waals surface area contributed by atoms with E-state index in [2.05, 4.69) is 17.2 Å². The molecule has 0 aromatic rings. The lowest BCUT2D eigenvalue weighted by Gasteiger charge is -2.29. The van der Waals surface area contributed by atoms with Gasteiger partial charge in [0.1, 0.15) is 0 Å². The van der Waals surface area contributed by atoms with Crippen molar-refractivity contribution in [2.45, 2.75) is 44.7 Å². The van der Waals surface area contributed by atoms with Gasteiger partial charge >= 0.3 is 0 Å². The molecule has 1 saturated carbocycles. The van der Waals surface area contributed by atoms with Gasteiger partial charge in [0, 0.05) is 19.7 Å². The van der Waals surface area contributed by atoms with Crippen LogP contribution in [0.15, 0.2) is 0 Å². The van der Waals surface area contributed by atoms with Gasteiger partial charge in [0.2, 0.25) is 0 Å². The summed E-state index contributed by atoms with van der Waals surface area (Å²) in [5.41, 5.74) is 2.27. The number of nitrogens with one attached hydrogen (secondary N) is 1. The van der Waals surface area contributed by atoms with Crippen molar-refractivity contribution in [1.82, 2.24) is 10.3 Å². The summed E-state index contributed by atoms with van der Waals surface area (Å²) >= 11 is 0. The van der Waals surface area contributed by atoms with Gasteiger partial charge in [0.15, 0.2) is 0 Å². The molecule has 16 heavy (non-hydrogen) atoms. The van der Waals surface area contributed by atoms with Crippen molar-refractivity contribution in [3.63, 3.8) is 0 Å². The summed E-state index contributed by atoms with van der Waals surface area (Å²) in [7, 11) is 1.68. The lowest BCUT2D eigenvalue weighted by molar-refractivity contribution is -0.127. The highest BCUT2D eigenvalue weighted by atomic mass is 16.5.